The molecule has 0 amide bonds. The number of Topliss-reactive ketones (excluding diaryl/α,β-unsaturated/α-hetero) is 1. The van der Waals surface area contributed by atoms with Crippen molar-refractivity contribution >= 4 is 18.2 Å². The summed E-state index contributed by atoms with van der Waals surface area (Å²) in [5.74, 6) is 0.353. The van der Waals surface area contributed by atoms with Gasteiger partial charge in [-0.1, -0.05) is 6.07 Å². The number of carbonyl (C=O) groups is 1. The van der Waals surface area contributed by atoms with E-state index in [2.05, 4.69) is 17.0 Å². The Hall–Kier alpha value is -0.900. The van der Waals surface area contributed by atoms with Crippen LogP contribution >= 0.6 is 12.4 Å². The summed E-state index contributed by atoms with van der Waals surface area (Å²) in [6.07, 6.45) is 6.95. The topological polar surface area (TPSA) is 29.5 Å². The zero-order chi connectivity index (χ0) is 14.2. The first-order chi connectivity index (χ1) is 10.3. The normalized spacial score (nSPS) is 25.1. The Balaban J connectivity index is 0.00000144. The van der Waals surface area contributed by atoms with Crippen molar-refractivity contribution in [3.8, 4) is 0 Å². The number of benzene rings is 1. The fourth-order valence-electron chi connectivity index (χ4n) is 4.11. The molecule has 0 bridgehead atoms. The minimum Gasteiger partial charge on any atom is -0.379 e. The van der Waals surface area contributed by atoms with E-state index in [9.17, 15) is 4.79 Å². The smallest absolute Gasteiger partial charge is 0.180 e. The van der Waals surface area contributed by atoms with Gasteiger partial charge in [0.25, 0.3) is 0 Å². The van der Waals surface area contributed by atoms with E-state index in [-0.39, 0.29) is 18.4 Å². The summed E-state index contributed by atoms with van der Waals surface area (Å²) in [5.41, 5.74) is 5.23. The second-order valence-electron chi connectivity index (χ2n) is 6.55. The van der Waals surface area contributed by atoms with Crippen molar-refractivity contribution in [2.75, 3.05) is 26.3 Å². The largest absolute Gasteiger partial charge is 0.379 e. The van der Waals surface area contributed by atoms with Gasteiger partial charge in [0.15, 0.2) is 5.78 Å². The zero-order valence-corrected chi connectivity index (χ0v) is 13.8. The molecule has 0 radical (unpaired) electrons. The molecule has 0 N–H and O–H groups in total. The first-order valence-electron chi connectivity index (χ1n) is 8.33. The number of fused-ring (bicyclic) bond motifs is 2. The molecule has 1 atom stereocenters. The molecule has 0 aromatic heterocycles. The quantitative estimate of drug-likeness (QED) is 0.796. The first kappa shape index (κ1) is 16.0. The Kier molecular flexibility index (Phi) is 4.86. The number of morpholine rings is 1. The number of hydrogen-bond acceptors (Lipinski definition) is 3. The molecule has 1 aliphatic heterocycles. The molecule has 3 aliphatic rings. The minimum atomic E-state index is 0. The van der Waals surface area contributed by atoms with Gasteiger partial charge in [-0.25, -0.2) is 0 Å². The van der Waals surface area contributed by atoms with Gasteiger partial charge in [-0.15, -0.1) is 12.4 Å². The molecule has 1 aromatic carbocycles. The van der Waals surface area contributed by atoms with Gasteiger partial charge in [-0.2, -0.15) is 0 Å². The number of nitrogens with zero attached hydrogens (tertiary/aromatic N) is 1. The SMILES string of the molecule is Cl.O=C1c2cc3c(cc2CCC1N1CCOCC1)CCCC3. The summed E-state index contributed by atoms with van der Waals surface area (Å²) in [5, 5.41) is 0. The third-order valence-corrected chi connectivity index (χ3v) is 5.31. The first-order valence-corrected chi connectivity index (χ1v) is 8.33. The average Bonchev–Trinajstić information content (AvgIpc) is 2.55. The number of ether oxygens (including phenoxy) is 1. The highest BCUT2D eigenvalue weighted by atomic mass is 35.5. The number of rotatable bonds is 1. The molecule has 0 saturated carbocycles. The summed E-state index contributed by atoms with van der Waals surface area (Å²) >= 11 is 0. The lowest BCUT2D eigenvalue weighted by molar-refractivity contribution is 0.0152. The van der Waals surface area contributed by atoms with Crippen molar-refractivity contribution in [1.29, 1.82) is 0 Å². The predicted molar refractivity (Wildman–Crippen MR) is 89.2 cm³/mol. The standard InChI is InChI=1S/C18H23NO2.ClH/c20-18-16-12-14-4-2-1-3-13(14)11-15(16)5-6-17(18)19-7-9-21-10-8-19;/h11-12,17H,1-10H2;1H. The second-order valence-corrected chi connectivity index (χ2v) is 6.55. The molecule has 1 aromatic rings. The van der Waals surface area contributed by atoms with Crippen molar-refractivity contribution in [2.45, 2.75) is 44.6 Å². The Morgan fingerprint density at radius 3 is 2.36 bits per heavy atom. The molecule has 22 heavy (non-hydrogen) atoms. The third kappa shape index (κ3) is 2.82. The molecule has 4 heteroatoms. The lowest BCUT2D eigenvalue weighted by Gasteiger charge is -2.36. The molecule has 4 rings (SSSR count). The average molecular weight is 322 g/mol. The van der Waals surface area contributed by atoms with Crippen molar-refractivity contribution in [2.24, 2.45) is 0 Å². The second kappa shape index (κ2) is 6.69. The number of carbonyl (C=O) groups excluding carboxylic acids is 1. The van der Waals surface area contributed by atoms with E-state index in [0.717, 1.165) is 51.1 Å². The molecule has 1 saturated heterocycles. The fourth-order valence-corrected chi connectivity index (χ4v) is 4.11. The molecular formula is C18H24ClNO2. The molecule has 2 aliphatic carbocycles. The molecule has 3 nitrogen and oxygen atoms in total. The van der Waals surface area contributed by atoms with Gasteiger partial charge < -0.3 is 4.74 Å². The van der Waals surface area contributed by atoms with Crippen LogP contribution in [-0.4, -0.2) is 43.0 Å². The van der Waals surface area contributed by atoms with Crippen molar-refractivity contribution in [3.05, 3.63) is 34.4 Å². The Labute approximate surface area is 138 Å². The summed E-state index contributed by atoms with van der Waals surface area (Å²) in [4.78, 5) is 15.2. The summed E-state index contributed by atoms with van der Waals surface area (Å²) in [6.45, 7) is 3.33. The van der Waals surface area contributed by atoms with Gasteiger partial charge in [0.2, 0.25) is 0 Å². The number of ketones is 1. The maximum Gasteiger partial charge on any atom is 0.180 e. The van der Waals surface area contributed by atoms with Gasteiger partial charge in [-0.3, -0.25) is 9.69 Å². The lowest BCUT2D eigenvalue weighted by Crippen LogP contribution is -2.49. The lowest BCUT2D eigenvalue weighted by atomic mass is 9.80. The predicted octanol–water partition coefficient (Wildman–Crippen LogP) is 2.82. The van der Waals surface area contributed by atoms with Crippen LogP contribution in [0.1, 0.15) is 46.3 Å². The van der Waals surface area contributed by atoms with E-state index >= 15 is 0 Å². The van der Waals surface area contributed by atoms with Gasteiger partial charge in [0.1, 0.15) is 0 Å². The highest BCUT2D eigenvalue weighted by Gasteiger charge is 2.33. The highest BCUT2D eigenvalue weighted by molar-refractivity contribution is 6.02. The van der Waals surface area contributed by atoms with Crippen LogP contribution in [0.15, 0.2) is 12.1 Å². The van der Waals surface area contributed by atoms with Crippen LogP contribution in [0.4, 0.5) is 0 Å². The van der Waals surface area contributed by atoms with E-state index < -0.39 is 0 Å². The minimum absolute atomic E-state index is 0. The van der Waals surface area contributed by atoms with E-state index in [4.69, 9.17) is 4.74 Å². The summed E-state index contributed by atoms with van der Waals surface area (Å²) in [6, 6.07) is 4.64. The van der Waals surface area contributed by atoms with Crippen LogP contribution in [0.2, 0.25) is 0 Å². The molecule has 120 valence electrons. The molecule has 0 spiro atoms. The maximum absolute atomic E-state index is 12.9. The van der Waals surface area contributed by atoms with Crippen LogP contribution in [0.3, 0.4) is 0 Å². The third-order valence-electron chi connectivity index (χ3n) is 5.31. The van der Waals surface area contributed by atoms with Crippen molar-refractivity contribution in [3.63, 3.8) is 0 Å². The fraction of sp³-hybridized carbons (Fsp3) is 0.611. The van der Waals surface area contributed by atoms with Crippen molar-refractivity contribution in [1.82, 2.24) is 4.90 Å². The van der Waals surface area contributed by atoms with Crippen molar-refractivity contribution < 1.29 is 9.53 Å². The van der Waals surface area contributed by atoms with Crippen LogP contribution in [0, 0.1) is 0 Å². The van der Waals surface area contributed by atoms with E-state index in [0.29, 0.717) is 5.78 Å². The van der Waals surface area contributed by atoms with Crippen LogP contribution < -0.4 is 0 Å². The molecule has 1 heterocycles. The maximum atomic E-state index is 12.9. The number of aryl methyl sites for hydroxylation is 3. The number of halogens is 1. The monoisotopic (exact) mass is 321 g/mol. The zero-order valence-electron chi connectivity index (χ0n) is 13.0. The van der Waals surface area contributed by atoms with Crippen LogP contribution in [-0.2, 0) is 24.0 Å². The van der Waals surface area contributed by atoms with Crippen LogP contribution in [0.25, 0.3) is 0 Å². The molecule has 1 unspecified atom stereocenters. The highest BCUT2D eigenvalue weighted by Crippen LogP contribution is 2.31. The molecule has 1 fully saturated rings. The van der Waals surface area contributed by atoms with Gasteiger partial charge in [0.05, 0.1) is 19.3 Å². The molecular weight excluding hydrogens is 298 g/mol. The Morgan fingerprint density at radius 1 is 0.955 bits per heavy atom. The number of hydrogen-bond donors (Lipinski definition) is 0. The van der Waals surface area contributed by atoms with Gasteiger partial charge in [0, 0.05) is 18.7 Å². The van der Waals surface area contributed by atoms with E-state index in [1.54, 1.807) is 0 Å². The van der Waals surface area contributed by atoms with E-state index in [1.165, 1.54) is 36.0 Å². The Bertz CT molecular complexity index is 566. The van der Waals surface area contributed by atoms with Gasteiger partial charge in [-0.05, 0) is 61.3 Å². The summed E-state index contributed by atoms with van der Waals surface area (Å²) in [7, 11) is 0. The Morgan fingerprint density at radius 2 is 1.64 bits per heavy atom. The van der Waals surface area contributed by atoms with Crippen LogP contribution in [0.5, 0.6) is 0 Å². The van der Waals surface area contributed by atoms with Gasteiger partial charge >= 0.3 is 0 Å². The summed E-state index contributed by atoms with van der Waals surface area (Å²) < 4.78 is 5.42. The van der Waals surface area contributed by atoms with E-state index in [1.807, 2.05) is 0 Å².